The first-order valence-corrected chi connectivity index (χ1v) is 8.55. The fourth-order valence-electron chi connectivity index (χ4n) is 2.99. The lowest BCUT2D eigenvalue weighted by Gasteiger charge is -2.18. The smallest absolute Gasteiger partial charge is 0.224 e. The van der Waals surface area contributed by atoms with Crippen LogP contribution in [-0.4, -0.2) is 24.8 Å². The highest BCUT2D eigenvalue weighted by molar-refractivity contribution is 6.00. The molecule has 1 amide bonds. The lowest BCUT2D eigenvalue weighted by Crippen LogP contribution is -2.18. The molecule has 1 fully saturated rings. The molecule has 5 heteroatoms. The van der Waals surface area contributed by atoms with Gasteiger partial charge in [0.2, 0.25) is 5.91 Å². The summed E-state index contributed by atoms with van der Waals surface area (Å²) in [6.45, 7) is 2.09. The van der Waals surface area contributed by atoms with Gasteiger partial charge in [-0.15, -0.1) is 0 Å². The van der Waals surface area contributed by atoms with Gasteiger partial charge in [-0.1, -0.05) is 6.07 Å². The van der Waals surface area contributed by atoms with Gasteiger partial charge in [0.05, 0.1) is 0 Å². The van der Waals surface area contributed by atoms with Gasteiger partial charge in [0.25, 0.3) is 0 Å². The number of Topliss-reactive ketones (excluding diaryl/α,β-unsaturated/α-hetero) is 1. The topological polar surface area (TPSA) is 49.4 Å². The molecule has 0 atom stereocenters. The Bertz CT molecular complexity index is 753. The number of carbonyl (C=O) groups is 2. The van der Waals surface area contributed by atoms with Crippen LogP contribution < -0.4 is 10.2 Å². The first-order valence-electron chi connectivity index (χ1n) is 8.55. The van der Waals surface area contributed by atoms with Gasteiger partial charge in [-0.25, -0.2) is 4.39 Å². The number of amides is 1. The zero-order valence-electron chi connectivity index (χ0n) is 14.0. The molecule has 130 valence electrons. The van der Waals surface area contributed by atoms with Crippen molar-refractivity contribution in [2.75, 3.05) is 23.3 Å². The minimum atomic E-state index is -0.382. The lowest BCUT2D eigenvalue weighted by molar-refractivity contribution is -0.116. The quantitative estimate of drug-likeness (QED) is 0.808. The molecular weight excluding hydrogens is 319 g/mol. The van der Waals surface area contributed by atoms with Crippen LogP contribution >= 0.6 is 0 Å². The Labute approximate surface area is 146 Å². The van der Waals surface area contributed by atoms with E-state index in [4.69, 9.17) is 0 Å². The summed E-state index contributed by atoms with van der Waals surface area (Å²) in [5.74, 6) is -0.748. The molecule has 1 N–H and O–H groups in total. The van der Waals surface area contributed by atoms with E-state index in [2.05, 4.69) is 10.2 Å². The minimum Gasteiger partial charge on any atom is -0.371 e. The standard InChI is InChI=1S/C20H21FN2O2/c21-16-8-6-15(7-9-16)19(24)10-11-20(25)22-17-4-3-5-18(14-17)23-12-1-2-13-23/h3-9,14H,1-2,10-13H2,(H,22,25). The van der Waals surface area contributed by atoms with Crippen molar-refractivity contribution in [1.82, 2.24) is 0 Å². The maximum Gasteiger partial charge on any atom is 0.224 e. The number of hydrogen-bond donors (Lipinski definition) is 1. The maximum absolute atomic E-state index is 12.9. The van der Waals surface area contributed by atoms with Gasteiger partial charge in [-0.05, 0) is 55.3 Å². The summed E-state index contributed by atoms with van der Waals surface area (Å²) in [6, 6.07) is 13.1. The first kappa shape index (κ1) is 17.1. The van der Waals surface area contributed by atoms with Gasteiger partial charge in [0.15, 0.2) is 5.78 Å². The molecule has 1 heterocycles. The highest BCUT2D eigenvalue weighted by atomic mass is 19.1. The zero-order valence-corrected chi connectivity index (χ0v) is 14.0. The molecule has 0 unspecified atom stereocenters. The Kier molecular flexibility index (Phi) is 5.43. The van der Waals surface area contributed by atoms with Crippen LogP contribution in [0, 0.1) is 5.82 Å². The van der Waals surface area contributed by atoms with Crippen molar-refractivity contribution in [3.63, 3.8) is 0 Å². The predicted octanol–water partition coefficient (Wildman–Crippen LogP) is 4.03. The average molecular weight is 340 g/mol. The SMILES string of the molecule is O=C(CCC(=O)c1ccc(F)cc1)Nc1cccc(N2CCCC2)c1. The highest BCUT2D eigenvalue weighted by Crippen LogP contribution is 2.23. The van der Waals surface area contributed by atoms with E-state index in [9.17, 15) is 14.0 Å². The Balaban J connectivity index is 1.53. The molecule has 1 aliphatic rings. The molecule has 2 aromatic rings. The van der Waals surface area contributed by atoms with Crippen molar-refractivity contribution in [3.05, 3.63) is 59.9 Å². The molecule has 4 nitrogen and oxygen atoms in total. The fourth-order valence-corrected chi connectivity index (χ4v) is 2.99. The molecule has 0 saturated carbocycles. The Morgan fingerprint density at radius 2 is 1.72 bits per heavy atom. The fraction of sp³-hybridized carbons (Fsp3) is 0.300. The van der Waals surface area contributed by atoms with Crippen LogP contribution in [0.25, 0.3) is 0 Å². The molecule has 0 bridgehead atoms. The summed E-state index contributed by atoms with van der Waals surface area (Å²) in [6.07, 6.45) is 2.59. The van der Waals surface area contributed by atoms with Crippen LogP contribution in [-0.2, 0) is 4.79 Å². The van der Waals surface area contributed by atoms with E-state index in [1.54, 1.807) is 0 Å². The van der Waals surface area contributed by atoms with E-state index < -0.39 is 0 Å². The zero-order chi connectivity index (χ0) is 17.6. The van der Waals surface area contributed by atoms with Crippen LogP contribution in [0.4, 0.5) is 15.8 Å². The van der Waals surface area contributed by atoms with Gasteiger partial charge in [-0.2, -0.15) is 0 Å². The lowest BCUT2D eigenvalue weighted by atomic mass is 10.1. The van der Waals surface area contributed by atoms with Crippen LogP contribution in [0.2, 0.25) is 0 Å². The van der Waals surface area contributed by atoms with Crippen LogP contribution in [0.3, 0.4) is 0 Å². The minimum absolute atomic E-state index is 0.100. The van der Waals surface area contributed by atoms with Gasteiger partial charge in [0.1, 0.15) is 5.82 Å². The van der Waals surface area contributed by atoms with E-state index in [0.717, 1.165) is 24.5 Å². The molecule has 2 aromatic carbocycles. The van der Waals surface area contributed by atoms with E-state index in [0.29, 0.717) is 5.56 Å². The number of anilines is 2. The van der Waals surface area contributed by atoms with E-state index in [1.807, 2.05) is 24.3 Å². The molecular formula is C20H21FN2O2. The summed E-state index contributed by atoms with van der Waals surface area (Å²) in [7, 11) is 0. The molecule has 0 spiro atoms. The molecule has 0 aromatic heterocycles. The van der Waals surface area contributed by atoms with E-state index >= 15 is 0 Å². The second-order valence-electron chi connectivity index (χ2n) is 6.22. The van der Waals surface area contributed by atoms with Gasteiger partial charge in [0, 0.05) is 42.9 Å². The van der Waals surface area contributed by atoms with Crippen LogP contribution in [0.15, 0.2) is 48.5 Å². The third kappa shape index (κ3) is 4.66. The normalized spacial score (nSPS) is 13.7. The summed E-state index contributed by atoms with van der Waals surface area (Å²) in [4.78, 5) is 26.4. The highest BCUT2D eigenvalue weighted by Gasteiger charge is 2.13. The second kappa shape index (κ2) is 7.92. The summed E-state index contributed by atoms with van der Waals surface area (Å²) >= 11 is 0. The second-order valence-corrected chi connectivity index (χ2v) is 6.22. The molecule has 3 rings (SSSR count). The summed E-state index contributed by atoms with van der Waals surface area (Å²) in [5, 5.41) is 2.84. The number of nitrogens with zero attached hydrogens (tertiary/aromatic N) is 1. The molecule has 0 radical (unpaired) electrons. The van der Waals surface area contributed by atoms with Crippen molar-refractivity contribution in [3.8, 4) is 0 Å². The van der Waals surface area contributed by atoms with Crippen molar-refractivity contribution in [2.45, 2.75) is 25.7 Å². The third-order valence-electron chi connectivity index (χ3n) is 4.35. The number of carbonyl (C=O) groups excluding carboxylic acids is 2. The third-order valence-corrected chi connectivity index (χ3v) is 4.35. The number of rotatable bonds is 6. The predicted molar refractivity (Wildman–Crippen MR) is 96.5 cm³/mol. The van der Waals surface area contributed by atoms with Crippen LogP contribution in [0.5, 0.6) is 0 Å². The van der Waals surface area contributed by atoms with E-state index in [-0.39, 0.29) is 30.3 Å². The van der Waals surface area contributed by atoms with Gasteiger partial charge < -0.3 is 10.2 Å². The largest absolute Gasteiger partial charge is 0.371 e. The number of benzene rings is 2. The van der Waals surface area contributed by atoms with E-state index in [1.165, 1.54) is 37.1 Å². The number of ketones is 1. The molecule has 25 heavy (non-hydrogen) atoms. The van der Waals surface area contributed by atoms with Crippen molar-refractivity contribution in [1.29, 1.82) is 0 Å². The van der Waals surface area contributed by atoms with Crippen LogP contribution in [0.1, 0.15) is 36.0 Å². The average Bonchev–Trinajstić information content (AvgIpc) is 3.15. The van der Waals surface area contributed by atoms with Crippen molar-refractivity contribution in [2.24, 2.45) is 0 Å². The molecule has 1 aliphatic heterocycles. The van der Waals surface area contributed by atoms with Crippen molar-refractivity contribution < 1.29 is 14.0 Å². The Morgan fingerprint density at radius 1 is 1.00 bits per heavy atom. The number of hydrogen-bond acceptors (Lipinski definition) is 3. The molecule has 1 saturated heterocycles. The first-order chi connectivity index (χ1) is 12.1. The summed E-state index contributed by atoms with van der Waals surface area (Å²) < 4.78 is 12.9. The summed E-state index contributed by atoms with van der Waals surface area (Å²) in [5.41, 5.74) is 2.27. The Morgan fingerprint density at radius 3 is 2.44 bits per heavy atom. The number of halogens is 1. The molecule has 0 aliphatic carbocycles. The monoisotopic (exact) mass is 340 g/mol. The Hall–Kier alpha value is -2.69. The van der Waals surface area contributed by atoms with Gasteiger partial charge >= 0.3 is 0 Å². The van der Waals surface area contributed by atoms with Crippen molar-refractivity contribution >= 4 is 23.1 Å². The number of nitrogens with one attached hydrogen (secondary N) is 1. The maximum atomic E-state index is 12.9. The van der Waals surface area contributed by atoms with Gasteiger partial charge in [-0.3, -0.25) is 9.59 Å².